The molecule has 2 aromatic carbocycles. The van der Waals surface area contributed by atoms with E-state index in [0.29, 0.717) is 11.1 Å². The molecule has 0 spiro atoms. The highest BCUT2D eigenvalue weighted by Crippen LogP contribution is 2.30. The third-order valence-corrected chi connectivity index (χ3v) is 4.09. The fraction of sp³-hybridized carbons (Fsp3) is 0.273. The monoisotopic (exact) mass is 385 g/mol. The summed E-state index contributed by atoms with van der Waals surface area (Å²) >= 11 is 0. The minimum Gasteiger partial charge on any atom is -0.493 e. The average molecular weight is 385 g/mol. The van der Waals surface area contributed by atoms with Crippen LogP contribution in [-0.2, 0) is 5.41 Å². The molecular formula is C22H21F2NO3. The number of alkyl halides is 2. The topological polar surface area (TPSA) is 59.3 Å². The molecule has 28 heavy (non-hydrogen) atoms. The van der Waals surface area contributed by atoms with Gasteiger partial charge in [-0.2, -0.15) is 14.0 Å². The fourth-order valence-corrected chi connectivity index (χ4v) is 2.56. The zero-order valence-corrected chi connectivity index (χ0v) is 16.1. The minimum absolute atomic E-state index is 0.0475. The van der Waals surface area contributed by atoms with Crippen LogP contribution in [-0.4, -0.2) is 19.5 Å². The molecule has 0 fully saturated rings. The van der Waals surface area contributed by atoms with Gasteiger partial charge in [0.2, 0.25) is 5.78 Å². The molecule has 0 aliphatic rings. The van der Waals surface area contributed by atoms with E-state index in [1.807, 2.05) is 18.2 Å². The highest BCUT2D eigenvalue weighted by molar-refractivity contribution is 6.14. The van der Waals surface area contributed by atoms with Crippen molar-refractivity contribution in [2.45, 2.75) is 32.8 Å². The van der Waals surface area contributed by atoms with E-state index in [1.165, 1.54) is 31.4 Å². The van der Waals surface area contributed by atoms with Crippen molar-refractivity contribution in [1.29, 1.82) is 5.26 Å². The van der Waals surface area contributed by atoms with Crippen LogP contribution in [0.2, 0.25) is 0 Å². The van der Waals surface area contributed by atoms with Gasteiger partial charge in [0.15, 0.2) is 11.5 Å². The molecule has 2 rings (SSSR count). The van der Waals surface area contributed by atoms with Crippen molar-refractivity contribution in [3.8, 4) is 17.6 Å². The van der Waals surface area contributed by atoms with Crippen LogP contribution in [0.4, 0.5) is 8.78 Å². The molecule has 0 radical (unpaired) electrons. The maximum absolute atomic E-state index is 12.7. The van der Waals surface area contributed by atoms with E-state index in [4.69, 9.17) is 4.74 Å². The first-order valence-electron chi connectivity index (χ1n) is 8.55. The highest BCUT2D eigenvalue weighted by Gasteiger charge is 2.17. The Bertz CT molecular complexity index is 920. The summed E-state index contributed by atoms with van der Waals surface area (Å²) < 4.78 is 34.2. The Balaban J connectivity index is 2.33. The largest absolute Gasteiger partial charge is 0.493 e. The molecule has 0 heterocycles. The summed E-state index contributed by atoms with van der Waals surface area (Å²) in [7, 11) is 1.31. The molecule has 0 atom stereocenters. The second-order valence-electron chi connectivity index (χ2n) is 7.12. The zero-order chi connectivity index (χ0) is 20.9. The molecule has 0 N–H and O–H groups in total. The van der Waals surface area contributed by atoms with E-state index in [2.05, 4.69) is 25.5 Å². The van der Waals surface area contributed by atoms with Crippen molar-refractivity contribution in [2.24, 2.45) is 0 Å². The number of Topliss-reactive ketones (excluding diaryl/α,β-unsaturated/α-hetero) is 1. The molecule has 0 aliphatic heterocycles. The molecule has 6 heteroatoms. The molecule has 0 aliphatic carbocycles. The van der Waals surface area contributed by atoms with Gasteiger partial charge in [0.25, 0.3) is 0 Å². The van der Waals surface area contributed by atoms with Crippen LogP contribution in [0.5, 0.6) is 11.5 Å². The van der Waals surface area contributed by atoms with Crippen LogP contribution in [0, 0.1) is 11.3 Å². The lowest BCUT2D eigenvalue weighted by atomic mass is 9.86. The van der Waals surface area contributed by atoms with E-state index in [9.17, 15) is 18.8 Å². The summed E-state index contributed by atoms with van der Waals surface area (Å²) in [6.45, 7) is 3.22. The predicted molar refractivity (Wildman–Crippen MR) is 103 cm³/mol. The van der Waals surface area contributed by atoms with Crippen molar-refractivity contribution in [3.05, 3.63) is 64.7 Å². The van der Waals surface area contributed by atoms with E-state index in [-0.39, 0.29) is 22.5 Å². The molecule has 2 aromatic rings. The van der Waals surface area contributed by atoms with Gasteiger partial charge in [-0.05, 0) is 34.8 Å². The number of carbonyl (C=O) groups is 1. The van der Waals surface area contributed by atoms with Gasteiger partial charge < -0.3 is 9.47 Å². The van der Waals surface area contributed by atoms with Crippen LogP contribution < -0.4 is 9.47 Å². The Hall–Kier alpha value is -3.20. The average Bonchev–Trinajstić information content (AvgIpc) is 2.65. The third kappa shape index (κ3) is 5.17. The van der Waals surface area contributed by atoms with Gasteiger partial charge in [-0.3, -0.25) is 4.79 Å². The Morgan fingerprint density at radius 1 is 1.11 bits per heavy atom. The molecule has 146 valence electrons. The SMILES string of the molecule is COc1cc(/C=C(\C#N)C(=O)c2ccc(C(C)(C)C)cc2)ccc1OC(F)F. The van der Waals surface area contributed by atoms with Crippen LogP contribution in [0.15, 0.2) is 48.0 Å². The Kier molecular flexibility index (Phi) is 6.53. The van der Waals surface area contributed by atoms with Gasteiger partial charge in [0.1, 0.15) is 11.6 Å². The molecule has 0 saturated heterocycles. The molecule has 0 aromatic heterocycles. The van der Waals surface area contributed by atoms with E-state index in [0.717, 1.165) is 5.56 Å². The summed E-state index contributed by atoms with van der Waals surface area (Å²) in [6.07, 6.45) is 1.38. The van der Waals surface area contributed by atoms with Crippen molar-refractivity contribution in [1.82, 2.24) is 0 Å². The van der Waals surface area contributed by atoms with Crippen LogP contribution >= 0.6 is 0 Å². The number of rotatable bonds is 6. The number of ketones is 1. The normalized spacial score (nSPS) is 11.9. The first-order valence-corrected chi connectivity index (χ1v) is 8.55. The summed E-state index contributed by atoms with van der Waals surface area (Å²) in [6, 6.07) is 13.2. The first-order chi connectivity index (χ1) is 13.2. The molecule has 0 amide bonds. The first kappa shape index (κ1) is 21.1. The van der Waals surface area contributed by atoms with E-state index >= 15 is 0 Å². The molecule has 0 bridgehead atoms. The van der Waals surface area contributed by atoms with Gasteiger partial charge in [-0.15, -0.1) is 0 Å². The fourth-order valence-electron chi connectivity index (χ4n) is 2.56. The Morgan fingerprint density at radius 2 is 1.75 bits per heavy atom. The number of hydrogen-bond donors (Lipinski definition) is 0. The van der Waals surface area contributed by atoms with Crippen molar-refractivity contribution >= 4 is 11.9 Å². The predicted octanol–water partition coefficient (Wildman–Crippen LogP) is 5.38. The van der Waals surface area contributed by atoms with E-state index < -0.39 is 12.4 Å². The summed E-state index contributed by atoms with van der Waals surface area (Å²) in [5.41, 5.74) is 1.80. The van der Waals surface area contributed by atoms with Crippen LogP contribution in [0.1, 0.15) is 42.3 Å². The maximum atomic E-state index is 12.7. The molecule has 4 nitrogen and oxygen atoms in total. The zero-order valence-electron chi connectivity index (χ0n) is 16.1. The van der Waals surface area contributed by atoms with Gasteiger partial charge >= 0.3 is 6.61 Å². The highest BCUT2D eigenvalue weighted by atomic mass is 19.3. The number of hydrogen-bond acceptors (Lipinski definition) is 4. The van der Waals surface area contributed by atoms with Crippen molar-refractivity contribution in [2.75, 3.05) is 7.11 Å². The number of nitrogens with zero attached hydrogens (tertiary/aromatic N) is 1. The second kappa shape index (κ2) is 8.66. The minimum atomic E-state index is -2.98. The van der Waals surface area contributed by atoms with Gasteiger partial charge in [0, 0.05) is 5.56 Å². The van der Waals surface area contributed by atoms with Crippen molar-refractivity contribution in [3.63, 3.8) is 0 Å². The van der Waals surface area contributed by atoms with Gasteiger partial charge in [0.05, 0.1) is 7.11 Å². The number of benzene rings is 2. The lowest BCUT2D eigenvalue weighted by molar-refractivity contribution is -0.0512. The quantitative estimate of drug-likeness (QED) is 0.380. The Labute approximate surface area is 163 Å². The van der Waals surface area contributed by atoms with Crippen molar-refractivity contribution < 1.29 is 23.0 Å². The smallest absolute Gasteiger partial charge is 0.387 e. The Morgan fingerprint density at radius 3 is 2.25 bits per heavy atom. The number of nitriles is 1. The maximum Gasteiger partial charge on any atom is 0.387 e. The summed E-state index contributed by atoms with van der Waals surface area (Å²) in [5.74, 6) is -0.472. The molecule has 0 saturated carbocycles. The number of allylic oxidation sites excluding steroid dienone is 1. The van der Waals surface area contributed by atoms with E-state index in [1.54, 1.807) is 12.1 Å². The van der Waals surface area contributed by atoms with Crippen LogP contribution in [0.3, 0.4) is 0 Å². The second-order valence-corrected chi connectivity index (χ2v) is 7.12. The standard InChI is InChI=1S/C22H21F2NO3/c1-22(2,3)17-8-6-15(7-9-17)20(26)16(13-25)11-14-5-10-18(28-21(23)24)19(12-14)27-4/h5-12,21H,1-4H3/b16-11+. The molecule has 0 unspecified atom stereocenters. The number of methoxy groups -OCH3 is 1. The van der Waals surface area contributed by atoms with Crippen LogP contribution in [0.25, 0.3) is 6.08 Å². The third-order valence-electron chi connectivity index (χ3n) is 4.09. The summed E-state index contributed by atoms with van der Waals surface area (Å²) in [4.78, 5) is 12.7. The number of ether oxygens (including phenoxy) is 2. The number of carbonyl (C=O) groups excluding carboxylic acids is 1. The van der Waals surface area contributed by atoms with Gasteiger partial charge in [-0.25, -0.2) is 0 Å². The lowest BCUT2D eigenvalue weighted by Crippen LogP contribution is -2.11. The lowest BCUT2D eigenvalue weighted by Gasteiger charge is -2.18. The molecular weight excluding hydrogens is 364 g/mol. The summed E-state index contributed by atoms with van der Waals surface area (Å²) in [5, 5.41) is 9.41. The number of halogens is 2. The van der Waals surface area contributed by atoms with Gasteiger partial charge in [-0.1, -0.05) is 51.1 Å².